The predicted molar refractivity (Wildman–Crippen MR) is 84.4 cm³/mol. The lowest BCUT2D eigenvalue weighted by Gasteiger charge is -2.35. The third kappa shape index (κ3) is 3.35. The molecule has 2 unspecified atom stereocenters. The lowest BCUT2D eigenvalue weighted by atomic mass is 10.2. The van der Waals surface area contributed by atoms with Gasteiger partial charge in [-0.05, 0) is 49.4 Å². The number of carbonyl (C=O) groups is 1. The van der Waals surface area contributed by atoms with Crippen LogP contribution >= 0.6 is 0 Å². The van der Waals surface area contributed by atoms with Crippen molar-refractivity contribution in [1.29, 1.82) is 0 Å². The largest absolute Gasteiger partial charge is 0.372 e. The van der Waals surface area contributed by atoms with Gasteiger partial charge in [0.15, 0.2) is 5.82 Å². The Bertz CT molecular complexity index is 739. The number of aromatic nitrogens is 4. The first-order valence-corrected chi connectivity index (χ1v) is 7.70. The van der Waals surface area contributed by atoms with Crippen LogP contribution in [0.2, 0.25) is 0 Å². The van der Waals surface area contributed by atoms with E-state index in [-0.39, 0.29) is 23.9 Å². The highest BCUT2D eigenvalue weighted by Crippen LogP contribution is 2.20. The number of nitrogens with zero attached hydrogens (tertiary/aromatic N) is 5. The fourth-order valence-electron chi connectivity index (χ4n) is 2.75. The Balaban J connectivity index is 1.78. The maximum absolute atomic E-state index is 14.1. The summed E-state index contributed by atoms with van der Waals surface area (Å²) in [6.45, 7) is 6.53. The van der Waals surface area contributed by atoms with Gasteiger partial charge in [-0.3, -0.25) is 0 Å². The molecular weight excluding hydrogens is 315 g/mol. The molecule has 0 radical (unpaired) electrons. The third-order valence-corrected chi connectivity index (χ3v) is 3.76. The van der Waals surface area contributed by atoms with E-state index in [4.69, 9.17) is 4.74 Å². The Morgan fingerprint density at radius 2 is 2.04 bits per heavy atom. The Hall–Kier alpha value is -2.55. The van der Waals surface area contributed by atoms with E-state index in [1.54, 1.807) is 11.8 Å². The molecule has 1 aromatic carbocycles. The zero-order valence-electron chi connectivity index (χ0n) is 13.7. The summed E-state index contributed by atoms with van der Waals surface area (Å²) in [7, 11) is 0. The normalized spacial score (nSPS) is 20.9. The Morgan fingerprint density at radius 1 is 1.33 bits per heavy atom. The minimum atomic E-state index is -0.475. The molecule has 1 N–H and O–H groups in total. The highest BCUT2D eigenvalue weighted by molar-refractivity contribution is 5.89. The number of morpholine rings is 1. The summed E-state index contributed by atoms with van der Waals surface area (Å²) < 4.78 is 21.0. The second-order valence-corrected chi connectivity index (χ2v) is 5.90. The van der Waals surface area contributed by atoms with Crippen molar-refractivity contribution in [3.05, 3.63) is 29.8 Å². The number of aryl methyl sites for hydroxylation is 1. The Kier molecular flexibility index (Phi) is 4.43. The highest BCUT2D eigenvalue weighted by Gasteiger charge is 2.26. The van der Waals surface area contributed by atoms with Crippen LogP contribution in [-0.4, -0.2) is 56.4 Å². The van der Waals surface area contributed by atoms with Crippen LogP contribution in [0.1, 0.15) is 19.7 Å². The SMILES string of the molecule is Cc1nnnn1-c1cc(NC(=O)N2CC(C)OC(C)C2)ccc1F. The van der Waals surface area contributed by atoms with E-state index in [1.165, 1.54) is 22.9 Å². The van der Waals surface area contributed by atoms with Gasteiger partial charge < -0.3 is 15.0 Å². The van der Waals surface area contributed by atoms with Crippen LogP contribution in [0.25, 0.3) is 5.69 Å². The first-order chi connectivity index (χ1) is 11.4. The van der Waals surface area contributed by atoms with Crippen molar-refractivity contribution in [1.82, 2.24) is 25.1 Å². The van der Waals surface area contributed by atoms with E-state index in [9.17, 15) is 9.18 Å². The van der Waals surface area contributed by atoms with E-state index >= 15 is 0 Å². The molecule has 0 spiro atoms. The topological polar surface area (TPSA) is 85.2 Å². The van der Waals surface area contributed by atoms with E-state index < -0.39 is 5.82 Å². The summed E-state index contributed by atoms with van der Waals surface area (Å²) in [5.74, 6) is -0.0229. The van der Waals surface area contributed by atoms with Gasteiger partial charge in [0.25, 0.3) is 0 Å². The standard InChI is InChI=1S/C15H19FN6O2/c1-9-7-21(8-10(2)24-9)15(23)17-12-4-5-13(16)14(6-12)22-11(3)18-19-20-22/h4-6,9-10H,7-8H2,1-3H3,(H,17,23). The minimum Gasteiger partial charge on any atom is -0.372 e. The average molecular weight is 334 g/mol. The van der Waals surface area contributed by atoms with Crippen molar-refractivity contribution in [2.45, 2.75) is 33.0 Å². The predicted octanol–water partition coefficient (Wildman–Crippen LogP) is 1.75. The van der Waals surface area contributed by atoms with Crippen molar-refractivity contribution >= 4 is 11.7 Å². The summed E-state index contributed by atoms with van der Waals surface area (Å²) >= 11 is 0. The summed E-state index contributed by atoms with van der Waals surface area (Å²) in [5.41, 5.74) is 0.650. The number of hydrogen-bond acceptors (Lipinski definition) is 5. The molecule has 2 atom stereocenters. The van der Waals surface area contributed by atoms with Crippen molar-refractivity contribution in [2.24, 2.45) is 0 Å². The van der Waals surface area contributed by atoms with Gasteiger partial charge in [0.2, 0.25) is 0 Å². The van der Waals surface area contributed by atoms with Crippen LogP contribution in [0.5, 0.6) is 0 Å². The molecule has 1 saturated heterocycles. The number of tetrazole rings is 1. The van der Waals surface area contributed by atoms with Crippen molar-refractivity contribution in [3.8, 4) is 5.69 Å². The lowest BCUT2D eigenvalue weighted by Crippen LogP contribution is -2.49. The molecule has 1 fully saturated rings. The van der Waals surface area contributed by atoms with Crippen LogP contribution in [0.3, 0.4) is 0 Å². The van der Waals surface area contributed by atoms with Crippen LogP contribution in [-0.2, 0) is 4.74 Å². The van der Waals surface area contributed by atoms with E-state index in [0.29, 0.717) is 24.6 Å². The van der Waals surface area contributed by atoms with Gasteiger partial charge in [0.05, 0.1) is 12.2 Å². The van der Waals surface area contributed by atoms with Crippen LogP contribution in [0.15, 0.2) is 18.2 Å². The molecular formula is C15H19FN6O2. The van der Waals surface area contributed by atoms with Gasteiger partial charge in [-0.25, -0.2) is 9.18 Å². The zero-order chi connectivity index (χ0) is 17.3. The summed E-state index contributed by atoms with van der Waals surface area (Å²) in [6.07, 6.45) is -0.0423. The molecule has 1 aliphatic rings. The first kappa shape index (κ1) is 16.3. The number of benzene rings is 1. The molecule has 24 heavy (non-hydrogen) atoms. The van der Waals surface area contributed by atoms with Crippen molar-refractivity contribution in [2.75, 3.05) is 18.4 Å². The average Bonchev–Trinajstić information content (AvgIpc) is 2.94. The molecule has 3 rings (SSSR count). The van der Waals surface area contributed by atoms with E-state index in [1.807, 2.05) is 13.8 Å². The Labute approximate surface area is 138 Å². The third-order valence-electron chi connectivity index (χ3n) is 3.76. The summed E-state index contributed by atoms with van der Waals surface area (Å²) in [5, 5.41) is 13.8. The Morgan fingerprint density at radius 3 is 2.67 bits per heavy atom. The fraction of sp³-hybridized carbons (Fsp3) is 0.467. The smallest absolute Gasteiger partial charge is 0.322 e. The molecule has 9 heteroatoms. The molecule has 2 heterocycles. The number of nitrogens with one attached hydrogen (secondary N) is 1. The lowest BCUT2D eigenvalue weighted by molar-refractivity contribution is -0.0530. The van der Waals surface area contributed by atoms with E-state index in [2.05, 4.69) is 20.8 Å². The number of urea groups is 1. The summed E-state index contributed by atoms with van der Waals surface area (Å²) in [4.78, 5) is 14.1. The maximum Gasteiger partial charge on any atom is 0.322 e. The van der Waals surface area contributed by atoms with Crippen LogP contribution in [0, 0.1) is 12.7 Å². The van der Waals surface area contributed by atoms with Crippen LogP contribution < -0.4 is 5.32 Å². The second-order valence-electron chi connectivity index (χ2n) is 5.90. The maximum atomic E-state index is 14.1. The van der Waals surface area contributed by atoms with Gasteiger partial charge >= 0.3 is 6.03 Å². The minimum absolute atomic E-state index is 0.0212. The number of amides is 2. The molecule has 0 saturated carbocycles. The van der Waals surface area contributed by atoms with Gasteiger partial charge in [0, 0.05) is 18.8 Å². The molecule has 1 aliphatic heterocycles. The molecule has 0 bridgehead atoms. The van der Waals surface area contributed by atoms with Gasteiger partial charge in [0.1, 0.15) is 11.5 Å². The van der Waals surface area contributed by atoms with E-state index in [0.717, 1.165) is 0 Å². The van der Waals surface area contributed by atoms with Crippen molar-refractivity contribution in [3.63, 3.8) is 0 Å². The molecule has 2 aromatic rings. The molecule has 0 aliphatic carbocycles. The second kappa shape index (κ2) is 6.52. The van der Waals surface area contributed by atoms with Gasteiger partial charge in [-0.1, -0.05) is 0 Å². The summed E-state index contributed by atoms with van der Waals surface area (Å²) in [6, 6.07) is 4.03. The van der Waals surface area contributed by atoms with Crippen molar-refractivity contribution < 1.29 is 13.9 Å². The fourth-order valence-corrected chi connectivity index (χ4v) is 2.75. The first-order valence-electron chi connectivity index (χ1n) is 7.70. The number of halogens is 1. The quantitative estimate of drug-likeness (QED) is 0.904. The number of hydrogen-bond donors (Lipinski definition) is 1. The highest BCUT2D eigenvalue weighted by atomic mass is 19.1. The molecule has 8 nitrogen and oxygen atoms in total. The molecule has 128 valence electrons. The molecule has 2 amide bonds. The van der Waals surface area contributed by atoms with Crippen LogP contribution in [0.4, 0.5) is 14.9 Å². The number of anilines is 1. The monoisotopic (exact) mass is 334 g/mol. The molecule has 1 aromatic heterocycles. The zero-order valence-corrected chi connectivity index (χ0v) is 13.7. The van der Waals surface area contributed by atoms with Gasteiger partial charge in [-0.15, -0.1) is 5.10 Å². The number of carbonyl (C=O) groups excluding carboxylic acids is 1. The van der Waals surface area contributed by atoms with Gasteiger partial charge in [-0.2, -0.15) is 4.68 Å². The number of rotatable bonds is 2. The number of ether oxygens (including phenoxy) is 1.